The number of nitrogens with zero attached hydrogens (tertiary/aromatic N) is 2. The van der Waals surface area contributed by atoms with Crippen LogP contribution in [-0.2, 0) is 11.2 Å². The Balaban J connectivity index is 1.96. The van der Waals surface area contributed by atoms with Crippen LogP contribution in [-0.4, -0.2) is 36.1 Å². The summed E-state index contributed by atoms with van der Waals surface area (Å²) in [7, 11) is 3.83. The molecule has 1 N–H and O–H groups in total. The highest BCUT2D eigenvalue weighted by Crippen LogP contribution is 2.27. The van der Waals surface area contributed by atoms with E-state index in [0.717, 1.165) is 19.3 Å². The highest BCUT2D eigenvalue weighted by molar-refractivity contribution is 5.03. The van der Waals surface area contributed by atoms with Gasteiger partial charge in [-0.2, -0.15) is 5.10 Å². The average Bonchev–Trinajstić information content (AvgIpc) is 3.00. The van der Waals surface area contributed by atoms with E-state index in [4.69, 9.17) is 9.84 Å². The molecule has 0 radical (unpaired) electrons. The molecule has 2 atom stereocenters. The van der Waals surface area contributed by atoms with E-state index >= 15 is 0 Å². The van der Waals surface area contributed by atoms with Crippen molar-refractivity contribution in [1.82, 2.24) is 15.1 Å². The van der Waals surface area contributed by atoms with Gasteiger partial charge < -0.3 is 10.1 Å². The summed E-state index contributed by atoms with van der Waals surface area (Å²) in [6.07, 6.45) is 12.3. The summed E-state index contributed by atoms with van der Waals surface area (Å²) >= 11 is 0. The summed E-state index contributed by atoms with van der Waals surface area (Å²) in [5.74, 6) is 0. The van der Waals surface area contributed by atoms with Crippen LogP contribution in [0.4, 0.5) is 0 Å². The zero-order valence-corrected chi connectivity index (χ0v) is 13.8. The molecule has 1 heterocycles. The smallest absolute Gasteiger partial charge is 0.0727 e. The molecule has 0 amide bonds. The monoisotopic (exact) mass is 293 g/mol. The van der Waals surface area contributed by atoms with E-state index in [1.807, 2.05) is 14.2 Å². The predicted molar refractivity (Wildman–Crippen MR) is 86.6 cm³/mol. The maximum Gasteiger partial charge on any atom is 0.0727 e. The molecule has 120 valence electrons. The molecule has 21 heavy (non-hydrogen) atoms. The lowest BCUT2D eigenvalue weighted by Gasteiger charge is -2.25. The molecule has 1 fully saturated rings. The van der Waals surface area contributed by atoms with Gasteiger partial charge >= 0.3 is 0 Å². The second kappa shape index (κ2) is 8.54. The van der Waals surface area contributed by atoms with Gasteiger partial charge in [0, 0.05) is 25.8 Å². The summed E-state index contributed by atoms with van der Waals surface area (Å²) in [5, 5.41) is 8.22. The lowest BCUT2D eigenvalue weighted by atomic mass is 9.96. The summed E-state index contributed by atoms with van der Waals surface area (Å²) in [4.78, 5) is 0. The minimum absolute atomic E-state index is 0.264. The highest BCUT2D eigenvalue weighted by Gasteiger charge is 2.21. The summed E-state index contributed by atoms with van der Waals surface area (Å²) in [6.45, 7) is 2.20. The lowest BCUT2D eigenvalue weighted by molar-refractivity contribution is 0.0629. The van der Waals surface area contributed by atoms with E-state index in [1.54, 1.807) is 0 Å². The third-order valence-electron chi connectivity index (χ3n) is 4.74. The van der Waals surface area contributed by atoms with E-state index in [1.165, 1.54) is 37.8 Å². The molecule has 0 aliphatic heterocycles. The molecule has 2 unspecified atom stereocenters. The van der Waals surface area contributed by atoms with Gasteiger partial charge in [0.25, 0.3) is 0 Å². The molecule has 0 bridgehead atoms. The van der Waals surface area contributed by atoms with Crippen LogP contribution in [0.25, 0.3) is 0 Å². The Bertz CT molecular complexity index is 398. The Morgan fingerprint density at radius 2 is 2.14 bits per heavy atom. The fourth-order valence-electron chi connectivity index (χ4n) is 3.45. The SMILES string of the molecule is CCCC(OC)C(Cc1ccn(C2CCCCC2)n1)NC. The second-order valence-electron chi connectivity index (χ2n) is 6.24. The molecule has 0 spiro atoms. The fraction of sp³-hybridized carbons (Fsp3) is 0.824. The molecule has 4 heteroatoms. The first-order valence-corrected chi connectivity index (χ1v) is 8.52. The van der Waals surface area contributed by atoms with E-state index in [2.05, 4.69) is 29.2 Å². The zero-order chi connectivity index (χ0) is 15.1. The Kier molecular flexibility index (Phi) is 6.71. The van der Waals surface area contributed by atoms with E-state index < -0.39 is 0 Å². The predicted octanol–water partition coefficient (Wildman–Crippen LogP) is 3.33. The molecule has 1 saturated carbocycles. The molecule has 0 saturated heterocycles. The van der Waals surface area contributed by atoms with Gasteiger partial charge in [-0.1, -0.05) is 32.6 Å². The van der Waals surface area contributed by atoms with Crippen LogP contribution >= 0.6 is 0 Å². The van der Waals surface area contributed by atoms with Crippen LogP contribution in [0.1, 0.15) is 63.6 Å². The number of hydrogen-bond acceptors (Lipinski definition) is 3. The van der Waals surface area contributed by atoms with Crippen molar-refractivity contribution in [3.05, 3.63) is 18.0 Å². The van der Waals surface area contributed by atoms with Crippen molar-refractivity contribution in [2.75, 3.05) is 14.2 Å². The van der Waals surface area contributed by atoms with E-state index in [0.29, 0.717) is 12.1 Å². The largest absolute Gasteiger partial charge is 0.380 e. The number of likely N-dealkylation sites (N-methyl/N-ethyl adjacent to an activating group) is 1. The first kappa shape index (κ1) is 16.5. The molecule has 4 nitrogen and oxygen atoms in total. The van der Waals surface area contributed by atoms with Crippen LogP contribution in [0.5, 0.6) is 0 Å². The molecule has 1 aromatic rings. The first-order valence-electron chi connectivity index (χ1n) is 8.52. The molecule has 2 rings (SSSR count). The van der Waals surface area contributed by atoms with Gasteiger partial charge in [-0.25, -0.2) is 0 Å². The molecule has 1 aromatic heterocycles. The first-order chi connectivity index (χ1) is 10.3. The van der Waals surface area contributed by atoms with Crippen molar-refractivity contribution < 1.29 is 4.74 Å². The number of methoxy groups -OCH3 is 1. The maximum absolute atomic E-state index is 5.64. The van der Waals surface area contributed by atoms with E-state index in [-0.39, 0.29) is 6.10 Å². The third kappa shape index (κ3) is 4.55. The normalized spacial score (nSPS) is 19.6. The highest BCUT2D eigenvalue weighted by atomic mass is 16.5. The maximum atomic E-state index is 5.64. The summed E-state index contributed by atoms with van der Waals surface area (Å²) < 4.78 is 7.84. The van der Waals surface area contributed by atoms with Crippen molar-refractivity contribution >= 4 is 0 Å². The Labute approximate surface area is 129 Å². The molecule has 0 aromatic carbocycles. The number of aromatic nitrogens is 2. The van der Waals surface area contributed by atoms with Crippen LogP contribution in [0.3, 0.4) is 0 Å². The van der Waals surface area contributed by atoms with Gasteiger partial charge in [0.05, 0.1) is 17.8 Å². The third-order valence-corrected chi connectivity index (χ3v) is 4.74. The van der Waals surface area contributed by atoms with Crippen molar-refractivity contribution in [2.45, 2.75) is 76.5 Å². The molecule has 1 aliphatic carbocycles. The van der Waals surface area contributed by atoms with Crippen LogP contribution in [0.15, 0.2) is 12.3 Å². The Morgan fingerprint density at radius 1 is 1.38 bits per heavy atom. The fourth-order valence-corrected chi connectivity index (χ4v) is 3.45. The zero-order valence-electron chi connectivity index (χ0n) is 13.8. The van der Waals surface area contributed by atoms with Gasteiger partial charge in [-0.05, 0) is 32.4 Å². The van der Waals surface area contributed by atoms with Crippen LogP contribution in [0, 0.1) is 0 Å². The van der Waals surface area contributed by atoms with Gasteiger partial charge in [0.15, 0.2) is 0 Å². The average molecular weight is 293 g/mol. The van der Waals surface area contributed by atoms with Gasteiger partial charge in [-0.15, -0.1) is 0 Å². The van der Waals surface area contributed by atoms with Gasteiger partial charge in [0.1, 0.15) is 0 Å². The Hall–Kier alpha value is -0.870. The Morgan fingerprint density at radius 3 is 2.76 bits per heavy atom. The van der Waals surface area contributed by atoms with Crippen molar-refractivity contribution in [3.63, 3.8) is 0 Å². The summed E-state index contributed by atoms with van der Waals surface area (Å²) in [6, 6.07) is 3.14. The van der Waals surface area contributed by atoms with Crippen LogP contribution < -0.4 is 5.32 Å². The second-order valence-corrected chi connectivity index (χ2v) is 6.24. The lowest BCUT2D eigenvalue weighted by Crippen LogP contribution is -2.40. The number of hydrogen-bond donors (Lipinski definition) is 1. The minimum Gasteiger partial charge on any atom is -0.380 e. The standard InChI is InChI=1S/C17H31N3O/c1-4-8-17(21-3)16(18-2)13-14-11-12-20(19-14)15-9-6-5-7-10-15/h11-12,15-18H,4-10,13H2,1-3H3. The molecular formula is C17H31N3O. The van der Waals surface area contributed by atoms with Crippen molar-refractivity contribution in [2.24, 2.45) is 0 Å². The quantitative estimate of drug-likeness (QED) is 0.799. The number of ether oxygens (including phenoxy) is 1. The van der Waals surface area contributed by atoms with Crippen molar-refractivity contribution in [3.8, 4) is 0 Å². The summed E-state index contributed by atoms with van der Waals surface area (Å²) in [5.41, 5.74) is 1.18. The van der Waals surface area contributed by atoms with Gasteiger partial charge in [0.2, 0.25) is 0 Å². The molecular weight excluding hydrogens is 262 g/mol. The number of rotatable bonds is 8. The van der Waals surface area contributed by atoms with Crippen molar-refractivity contribution in [1.29, 1.82) is 0 Å². The minimum atomic E-state index is 0.264. The van der Waals surface area contributed by atoms with E-state index in [9.17, 15) is 0 Å². The molecule has 1 aliphatic rings. The van der Waals surface area contributed by atoms with Crippen LogP contribution in [0.2, 0.25) is 0 Å². The van der Waals surface area contributed by atoms with Gasteiger partial charge in [-0.3, -0.25) is 4.68 Å². The number of nitrogens with one attached hydrogen (secondary N) is 1. The topological polar surface area (TPSA) is 39.1 Å².